The molecule has 0 spiro atoms. The van der Waals surface area contributed by atoms with Crippen molar-refractivity contribution in [2.75, 3.05) is 38.0 Å². The lowest BCUT2D eigenvalue weighted by molar-refractivity contribution is 0.802. The standard InChI is InChI=1S/C21H27N3/c1-6-7-8-17-18-11-9-15(23(2)3)13-20(18)22-21-14-16(24(4)5)10-12-19(17)21/h9-14H,6-8H2,1-5H3. The average Bonchev–Trinajstić information content (AvgIpc) is 2.57. The monoisotopic (exact) mass is 321 g/mol. The summed E-state index contributed by atoms with van der Waals surface area (Å²) in [6, 6.07) is 13.3. The Hall–Kier alpha value is -2.29. The largest absolute Gasteiger partial charge is 0.378 e. The third-order valence-corrected chi connectivity index (χ3v) is 4.67. The van der Waals surface area contributed by atoms with Crippen LogP contribution in [0.15, 0.2) is 36.4 Å². The Kier molecular flexibility index (Phi) is 4.61. The SMILES string of the molecule is CCCCc1c2ccc(N(C)C)cc2nc2cc(N(C)C)ccc12. The number of unbranched alkanes of at least 4 members (excludes halogenated alkanes) is 1. The number of hydrogen-bond acceptors (Lipinski definition) is 3. The van der Waals surface area contributed by atoms with Gasteiger partial charge in [0, 0.05) is 50.3 Å². The fourth-order valence-corrected chi connectivity index (χ4v) is 3.19. The van der Waals surface area contributed by atoms with Gasteiger partial charge >= 0.3 is 0 Å². The van der Waals surface area contributed by atoms with Crippen LogP contribution in [-0.4, -0.2) is 33.2 Å². The van der Waals surface area contributed by atoms with Crippen LogP contribution in [0.1, 0.15) is 25.3 Å². The smallest absolute Gasteiger partial charge is 0.0733 e. The minimum Gasteiger partial charge on any atom is -0.378 e. The zero-order valence-corrected chi connectivity index (χ0v) is 15.4. The molecule has 0 bridgehead atoms. The summed E-state index contributed by atoms with van der Waals surface area (Å²) in [5.74, 6) is 0. The molecule has 3 rings (SSSR count). The van der Waals surface area contributed by atoms with Gasteiger partial charge in [-0.3, -0.25) is 0 Å². The highest BCUT2D eigenvalue weighted by atomic mass is 15.1. The van der Waals surface area contributed by atoms with Crippen LogP contribution in [0, 0.1) is 0 Å². The Labute approximate surface area is 144 Å². The normalized spacial score (nSPS) is 11.2. The second-order valence-corrected chi connectivity index (χ2v) is 6.89. The molecule has 0 aliphatic carbocycles. The molecule has 3 nitrogen and oxygen atoms in total. The highest BCUT2D eigenvalue weighted by Gasteiger charge is 2.11. The van der Waals surface area contributed by atoms with Gasteiger partial charge in [0.1, 0.15) is 0 Å². The highest BCUT2D eigenvalue weighted by Crippen LogP contribution is 2.31. The molecule has 0 amide bonds. The molecular formula is C21H27N3. The summed E-state index contributed by atoms with van der Waals surface area (Å²) in [7, 11) is 8.30. The number of rotatable bonds is 5. The van der Waals surface area contributed by atoms with E-state index < -0.39 is 0 Å². The van der Waals surface area contributed by atoms with E-state index in [4.69, 9.17) is 4.98 Å². The van der Waals surface area contributed by atoms with Crippen LogP contribution >= 0.6 is 0 Å². The van der Waals surface area contributed by atoms with Crippen molar-refractivity contribution < 1.29 is 0 Å². The number of pyridine rings is 1. The van der Waals surface area contributed by atoms with Crippen molar-refractivity contribution in [3.8, 4) is 0 Å². The van der Waals surface area contributed by atoms with E-state index in [-0.39, 0.29) is 0 Å². The number of fused-ring (bicyclic) bond motifs is 2. The second-order valence-electron chi connectivity index (χ2n) is 6.89. The van der Waals surface area contributed by atoms with Gasteiger partial charge in [-0.2, -0.15) is 0 Å². The van der Waals surface area contributed by atoms with E-state index in [0.29, 0.717) is 0 Å². The molecule has 126 valence electrons. The Bertz CT molecular complexity index is 800. The minimum atomic E-state index is 1.09. The van der Waals surface area contributed by atoms with Crippen molar-refractivity contribution in [2.24, 2.45) is 0 Å². The number of benzene rings is 2. The van der Waals surface area contributed by atoms with Gasteiger partial charge in [-0.1, -0.05) is 25.5 Å². The summed E-state index contributed by atoms with van der Waals surface area (Å²) in [5.41, 5.74) is 6.01. The fraction of sp³-hybridized carbons (Fsp3) is 0.381. The molecule has 0 N–H and O–H groups in total. The van der Waals surface area contributed by atoms with E-state index in [2.05, 4.69) is 81.3 Å². The van der Waals surface area contributed by atoms with Gasteiger partial charge in [0.2, 0.25) is 0 Å². The maximum atomic E-state index is 4.98. The predicted molar refractivity (Wildman–Crippen MR) is 107 cm³/mol. The van der Waals surface area contributed by atoms with E-state index in [1.54, 1.807) is 0 Å². The van der Waals surface area contributed by atoms with E-state index in [0.717, 1.165) is 17.5 Å². The van der Waals surface area contributed by atoms with Crippen molar-refractivity contribution in [1.29, 1.82) is 0 Å². The van der Waals surface area contributed by atoms with Crippen LogP contribution in [0.5, 0.6) is 0 Å². The van der Waals surface area contributed by atoms with Crippen molar-refractivity contribution in [3.63, 3.8) is 0 Å². The molecule has 1 aromatic heterocycles. The maximum absolute atomic E-state index is 4.98. The lowest BCUT2D eigenvalue weighted by atomic mass is 9.97. The molecule has 0 aliphatic heterocycles. The van der Waals surface area contributed by atoms with E-state index >= 15 is 0 Å². The molecule has 2 aromatic carbocycles. The Morgan fingerprint density at radius 3 is 1.71 bits per heavy atom. The zero-order valence-electron chi connectivity index (χ0n) is 15.4. The molecule has 0 saturated heterocycles. The van der Waals surface area contributed by atoms with Gasteiger partial charge < -0.3 is 9.80 Å². The first-order valence-electron chi connectivity index (χ1n) is 8.72. The number of aromatic nitrogens is 1. The number of aryl methyl sites for hydroxylation is 1. The van der Waals surface area contributed by atoms with Crippen LogP contribution in [-0.2, 0) is 6.42 Å². The minimum absolute atomic E-state index is 1.09. The third-order valence-electron chi connectivity index (χ3n) is 4.67. The van der Waals surface area contributed by atoms with E-state index in [1.807, 2.05) is 0 Å². The van der Waals surface area contributed by atoms with Crippen LogP contribution in [0.3, 0.4) is 0 Å². The lowest BCUT2D eigenvalue weighted by Crippen LogP contribution is -2.09. The van der Waals surface area contributed by atoms with Gasteiger partial charge in [0.25, 0.3) is 0 Å². The number of hydrogen-bond donors (Lipinski definition) is 0. The first kappa shape index (κ1) is 16.6. The third kappa shape index (κ3) is 3.03. The molecular weight excluding hydrogens is 294 g/mol. The van der Waals surface area contributed by atoms with Crippen LogP contribution in [0.25, 0.3) is 21.8 Å². The number of anilines is 2. The zero-order chi connectivity index (χ0) is 17.3. The van der Waals surface area contributed by atoms with Gasteiger partial charge in [-0.05, 0) is 42.7 Å². The second kappa shape index (κ2) is 6.68. The molecule has 0 atom stereocenters. The topological polar surface area (TPSA) is 19.4 Å². The van der Waals surface area contributed by atoms with Crippen LogP contribution in [0.2, 0.25) is 0 Å². The highest BCUT2D eigenvalue weighted by molar-refractivity contribution is 5.99. The fourth-order valence-electron chi connectivity index (χ4n) is 3.19. The summed E-state index contributed by atoms with van der Waals surface area (Å²) >= 11 is 0. The summed E-state index contributed by atoms with van der Waals surface area (Å²) in [5, 5.41) is 2.58. The maximum Gasteiger partial charge on any atom is 0.0733 e. The molecule has 3 aromatic rings. The molecule has 0 unspecified atom stereocenters. The van der Waals surface area contributed by atoms with E-state index in [9.17, 15) is 0 Å². The van der Waals surface area contributed by atoms with Gasteiger partial charge in [0.05, 0.1) is 11.0 Å². The molecule has 1 heterocycles. The van der Waals surface area contributed by atoms with E-state index in [1.165, 1.54) is 40.6 Å². The molecule has 0 fully saturated rings. The quantitative estimate of drug-likeness (QED) is 0.625. The first-order valence-corrected chi connectivity index (χ1v) is 8.72. The molecule has 0 saturated carbocycles. The van der Waals surface area contributed by atoms with Crippen molar-refractivity contribution in [1.82, 2.24) is 4.98 Å². The van der Waals surface area contributed by atoms with Gasteiger partial charge in [-0.25, -0.2) is 4.98 Å². The predicted octanol–water partition coefficient (Wildman–Crippen LogP) is 4.86. The first-order chi connectivity index (χ1) is 11.5. The summed E-state index contributed by atoms with van der Waals surface area (Å²) in [6.45, 7) is 2.25. The van der Waals surface area contributed by atoms with Gasteiger partial charge in [0.15, 0.2) is 0 Å². The molecule has 24 heavy (non-hydrogen) atoms. The van der Waals surface area contributed by atoms with Crippen molar-refractivity contribution >= 4 is 33.2 Å². The Balaban J connectivity index is 2.29. The Morgan fingerprint density at radius 1 is 0.792 bits per heavy atom. The van der Waals surface area contributed by atoms with Crippen molar-refractivity contribution in [2.45, 2.75) is 26.2 Å². The Morgan fingerprint density at radius 2 is 1.29 bits per heavy atom. The van der Waals surface area contributed by atoms with Crippen LogP contribution < -0.4 is 9.80 Å². The van der Waals surface area contributed by atoms with Crippen molar-refractivity contribution in [3.05, 3.63) is 42.0 Å². The molecule has 0 radical (unpaired) electrons. The van der Waals surface area contributed by atoms with Crippen LogP contribution in [0.4, 0.5) is 11.4 Å². The molecule has 3 heteroatoms. The van der Waals surface area contributed by atoms with Gasteiger partial charge in [-0.15, -0.1) is 0 Å². The average molecular weight is 321 g/mol. The lowest BCUT2D eigenvalue weighted by Gasteiger charge is -2.17. The molecule has 0 aliphatic rings. The summed E-state index contributed by atoms with van der Waals surface area (Å²) < 4.78 is 0. The number of nitrogens with zero attached hydrogens (tertiary/aromatic N) is 3. The summed E-state index contributed by atoms with van der Waals surface area (Å²) in [4.78, 5) is 9.24. The summed E-state index contributed by atoms with van der Waals surface area (Å²) in [6.07, 6.45) is 3.52.